The van der Waals surface area contributed by atoms with Gasteiger partial charge in [-0.25, -0.2) is 9.59 Å². The van der Waals surface area contributed by atoms with Gasteiger partial charge in [-0.2, -0.15) is 0 Å². The number of benzene rings is 3. The number of carbonyl (C=O) groups is 3. The van der Waals surface area contributed by atoms with E-state index in [0.29, 0.717) is 17.0 Å². The molecule has 0 saturated heterocycles. The van der Waals surface area contributed by atoms with Crippen molar-refractivity contribution in [2.45, 2.75) is 6.92 Å². The Hall–Kier alpha value is -4.13. The summed E-state index contributed by atoms with van der Waals surface area (Å²) in [6.45, 7) is 1.93. The average molecular weight is 391 g/mol. The molecule has 3 aromatic rings. The Labute approximate surface area is 166 Å². The van der Waals surface area contributed by atoms with Crippen molar-refractivity contribution in [3.8, 4) is 11.5 Å². The summed E-state index contributed by atoms with van der Waals surface area (Å²) in [5, 5.41) is 21.1. The molecule has 0 radical (unpaired) electrons. The minimum absolute atomic E-state index is 0.161. The van der Waals surface area contributed by atoms with Crippen molar-refractivity contribution in [2.24, 2.45) is 0 Å². The molecule has 0 aliphatic rings. The number of carboxylic acids is 2. The highest BCUT2D eigenvalue weighted by molar-refractivity contribution is 6.04. The lowest BCUT2D eigenvalue weighted by atomic mass is 10.1. The fourth-order valence-electron chi connectivity index (χ4n) is 2.63. The third kappa shape index (κ3) is 4.78. The number of amides is 1. The molecular formula is C22H17NO6. The fourth-order valence-corrected chi connectivity index (χ4v) is 2.63. The molecule has 0 heterocycles. The van der Waals surface area contributed by atoms with Crippen LogP contribution in [0.1, 0.15) is 36.6 Å². The fraction of sp³-hybridized carbons (Fsp3) is 0.0455. The third-order valence-corrected chi connectivity index (χ3v) is 4.09. The van der Waals surface area contributed by atoms with Crippen LogP contribution in [0.15, 0.2) is 66.7 Å². The number of aromatic carboxylic acids is 2. The zero-order chi connectivity index (χ0) is 21.0. The summed E-state index contributed by atoms with van der Waals surface area (Å²) < 4.78 is 5.64. The van der Waals surface area contributed by atoms with Gasteiger partial charge in [0.05, 0.1) is 11.1 Å². The second-order valence-corrected chi connectivity index (χ2v) is 6.27. The summed E-state index contributed by atoms with van der Waals surface area (Å²) in [4.78, 5) is 34.8. The maximum atomic E-state index is 12.3. The van der Waals surface area contributed by atoms with Gasteiger partial charge in [0, 0.05) is 17.3 Å². The SMILES string of the molecule is Cc1ccc(C(=O)Nc2cccc(Oc3ccc(C(=O)O)c(C(=O)O)c3)c2)cc1. The molecule has 0 spiro atoms. The molecule has 3 aromatic carbocycles. The third-order valence-electron chi connectivity index (χ3n) is 4.09. The van der Waals surface area contributed by atoms with E-state index >= 15 is 0 Å². The van der Waals surface area contributed by atoms with Crippen LogP contribution in [0.3, 0.4) is 0 Å². The monoisotopic (exact) mass is 391 g/mol. The smallest absolute Gasteiger partial charge is 0.336 e. The standard InChI is InChI=1S/C22H17NO6/c1-13-5-7-14(8-6-13)20(24)23-15-3-2-4-16(11-15)29-17-9-10-18(21(25)26)19(12-17)22(27)28/h2-12H,1H3,(H,23,24)(H,25,26)(H,27,28). The van der Waals surface area contributed by atoms with Gasteiger partial charge in [0.1, 0.15) is 11.5 Å². The molecule has 0 atom stereocenters. The average Bonchev–Trinajstić information content (AvgIpc) is 2.68. The van der Waals surface area contributed by atoms with Crippen LogP contribution in [0.5, 0.6) is 11.5 Å². The molecule has 0 unspecified atom stereocenters. The Bertz CT molecular complexity index is 1090. The number of nitrogens with one attached hydrogen (secondary N) is 1. The number of rotatable bonds is 6. The van der Waals surface area contributed by atoms with Gasteiger partial charge in [-0.3, -0.25) is 4.79 Å². The van der Waals surface area contributed by atoms with E-state index < -0.39 is 11.9 Å². The lowest BCUT2D eigenvalue weighted by Crippen LogP contribution is -2.11. The second-order valence-electron chi connectivity index (χ2n) is 6.27. The number of anilines is 1. The zero-order valence-electron chi connectivity index (χ0n) is 15.4. The highest BCUT2D eigenvalue weighted by Crippen LogP contribution is 2.26. The van der Waals surface area contributed by atoms with E-state index in [1.54, 1.807) is 36.4 Å². The molecule has 1 amide bonds. The lowest BCUT2D eigenvalue weighted by molar-refractivity contribution is 0.0651. The Balaban J connectivity index is 1.78. The normalized spacial score (nSPS) is 10.2. The van der Waals surface area contributed by atoms with Gasteiger partial charge in [0.25, 0.3) is 5.91 Å². The molecule has 0 fully saturated rings. The van der Waals surface area contributed by atoms with E-state index in [1.165, 1.54) is 12.1 Å². The van der Waals surface area contributed by atoms with E-state index in [0.717, 1.165) is 11.6 Å². The van der Waals surface area contributed by atoms with E-state index in [1.807, 2.05) is 19.1 Å². The molecule has 7 heteroatoms. The van der Waals surface area contributed by atoms with Gasteiger partial charge in [-0.05, 0) is 49.4 Å². The Morgan fingerprint density at radius 3 is 2.10 bits per heavy atom. The molecule has 3 rings (SSSR count). The molecule has 0 aliphatic heterocycles. The molecule has 146 valence electrons. The molecule has 0 bridgehead atoms. The first-order valence-corrected chi connectivity index (χ1v) is 8.60. The first-order chi connectivity index (χ1) is 13.8. The van der Waals surface area contributed by atoms with Gasteiger partial charge < -0.3 is 20.3 Å². The van der Waals surface area contributed by atoms with Crippen LogP contribution in [-0.2, 0) is 0 Å². The molecule has 3 N–H and O–H groups in total. The van der Waals surface area contributed by atoms with Gasteiger partial charge in [-0.1, -0.05) is 23.8 Å². The Morgan fingerprint density at radius 1 is 0.793 bits per heavy atom. The molecule has 29 heavy (non-hydrogen) atoms. The second kappa shape index (κ2) is 8.26. The number of carboxylic acid groups (broad SMARTS) is 2. The van der Waals surface area contributed by atoms with Crippen LogP contribution in [-0.4, -0.2) is 28.1 Å². The van der Waals surface area contributed by atoms with E-state index in [-0.39, 0.29) is 22.8 Å². The van der Waals surface area contributed by atoms with Crippen molar-refractivity contribution in [3.05, 3.63) is 89.0 Å². The zero-order valence-corrected chi connectivity index (χ0v) is 15.4. The summed E-state index contributed by atoms with van der Waals surface area (Å²) in [7, 11) is 0. The van der Waals surface area contributed by atoms with E-state index in [4.69, 9.17) is 9.84 Å². The van der Waals surface area contributed by atoms with Crippen LogP contribution in [0.4, 0.5) is 5.69 Å². The van der Waals surface area contributed by atoms with Crippen molar-refractivity contribution in [3.63, 3.8) is 0 Å². The molecule has 0 saturated carbocycles. The number of aryl methyl sites for hydroxylation is 1. The molecule has 0 aromatic heterocycles. The topological polar surface area (TPSA) is 113 Å². The van der Waals surface area contributed by atoms with Crippen LogP contribution >= 0.6 is 0 Å². The summed E-state index contributed by atoms with van der Waals surface area (Å²) in [5.74, 6) is -2.47. The van der Waals surface area contributed by atoms with Crippen molar-refractivity contribution in [1.82, 2.24) is 0 Å². The van der Waals surface area contributed by atoms with Crippen molar-refractivity contribution < 1.29 is 29.3 Å². The quantitative estimate of drug-likeness (QED) is 0.573. The molecule has 0 aliphatic carbocycles. The minimum atomic E-state index is -1.37. The highest BCUT2D eigenvalue weighted by atomic mass is 16.5. The van der Waals surface area contributed by atoms with E-state index in [9.17, 15) is 19.5 Å². The summed E-state index contributed by atoms with van der Waals surface area (Å²) in [6.07, 6.45) is 0. The first-order valence-electron chi connectivity index (χ1n) is 8.60. The summed E-state index contributed by atoms with van der Waals surface area (Å²) in [6, 6.07) is 17.4. The predicted octanol–water partition coefficient (Wildman–Crippen LogP) is 4.44. The van der Waals surface area contributed by atoms with Crippen molar-refractivity contribution in [1.29, 1.82) is 0 Å². The van der Waals surface area contributed by atoms with Gasteiger partial charge in [-0.15, -0.1) is 0 Å². The van der Waals surface area contributed by atoms with Gasteiger partial charge >= 0.3 is 11.9 Å². The predicted molar refractivity (Wildman–Crippen MR) is 106 cm³/mol. The maximum Gasteiger partial charge on any atom is 0.336 e. The lowest BCUT2D eigenvalue weighted by Gasteiger charge is -2.10. The van der Waals surface area contributed by atoms with Crippen LogP contribution in [0.2, 0.25) is 0 Å². The van der Waals surface area contributed by atoms with Crippen LogP contribution in [0.25, 0.3) is 0 Å². The summed E-state index contributed by atoms with van der Waals surface area (Å²) in [5.41, 5.74) is 1.35. The van der Waals surface area contributed by atoms with E-state index in [2.05, 4.69) is 5.32 Å². The number of carbonyl (C=O) groups excluding carboxylic acids is 1. The molecule has 7 nitrogen and oxygen atoms in total. The van der Waals surface area contributed by atoms with Crippen molar-refractivity contribution in [2.75, 3.05) is 5.32 Å². The Kier molecular flexibility index (Phi) is 5.59. The first kappa shape index (κ1) is 19.6. The van der Waals surface area contributed by atoms with Gasteiger partial charge in [0.2, 0.25) is 0 Å². The highest BCUT2D eigenvalue weighted by Gasteiger charge is 2.17. The summed E-state index contributed by atoms with van der Waals surface area (Å²) >= 11 is 0. The van der Waals surface area contributed by atoms with Crippen LogP contribution in [0, 0.1) is 6.92 Å². The number of ether oxygens (including phenoxy) is 1. The molecular weight excluding hydrogens is 374 g/mol. The van der Waals surface area contributed by atoms with Crippen molar-refractivity contribution >= 4 is 23.5 Å². The van der Waals surface area contributed by atoms with Crippen LogP contribution < -0.4 is 10.1 Å². The minimum Gasteiger partial charge on any atom is -0.478 e. The Morgan fingerprint density at radius 2 is 1.45 bits per heavy atom. The number of hydrogen-bond acceptors (Lipinski definition) is 4. The maximum absolute atomic E-state index is 12.3. The largest absolute Gasteiger partial charge is 0.478 e. The van der Waals surface area contributed by atoms with Gasteiger partial charge in [0.15, 0.2) is 0 Å². The number of hydrogen-bond donors (Lipinski definition) is 3.